The van der Waals surface area contributed by atoms with Crippen LogP contribution in [0.4, 0.5) is 0 Å². The molecule has 0 unspecified atom stereocenters. The van der Waals surface area contributed by atoms with Crippen LogP contribution in [-0.2, 0) is 16.7 Å². The summed E-state index contributed by atoms with van der Waals surface area (Å²) < 4.78 is 10.4. The molecule has 1 aromatic heterocycles. The van der Waals surface area contributed by atoms with Crippen molar-refractivity contribution < 1.29 is 9.26 Å². The van der Waals surface area contributed by atoms with Crippen LogP contribution in [0.3, 0.4) is 0 Å². The minimum Gasteiger partial charge on any atom is -0.381 e. The Kier molecular flexibility index (Phi) is 4.23. The number of nitrogens with one attached hydrogen (secondary N) is 1. The minimum atomic E-state index is -0.281. The first kappa shape index (κ1) is 12.1. The molecule has 1 rings (SSSR count). The molecule has 0 fully saturated rings. The number of ether oxygens (including phenoxy) is 1. The van der Waals surface area contributed by atoms with Gasteiger partial charge in [0, 0.05) is 13.0 Å². The Labute approximate surface area is 90.2 Å². The van der Waals surface area contributed by atoms with E-state index in [1.165, 1.54) is 0 Å². The summed E-state index contributed by atoms with van der Waals surface area (Å²) in [6, 6.07) is 0. The third-order valence-electron chi connectivity index (χ3n) is 2.30. The predicted octanol–water partition coefficient (Wildman–Crippen LogP) is 1.10. The van der Waals surface area contributed by atoms with E-state index >= 15 is 0 Å². The zero-order chi connectivity index (χ0) is 11.3. The number of aromatic nitrogens is 2. The van der Waals surface area contributed by atoms with E-state index in [1.54, 1.807) is 0 Å². The molecule has 5 heteroatoms. The van der Waals surface area contributed by atoms with Crippen LogP contribution in [0.2, 0.25) is 0 Å². The van der Waals surface area contributed by atoms with Gasteiger partial charge in [0.15, 0.2) is 5.82 Å². The number of nitrogens with zero attached hydrogens (tertiary/aromatic N) is 2. The fourth-order valence-electron chi connectivity index (χ4n) is 1.02. The second-order valence-electron chi connectivity index (χ2n) is 3.84. The van der Waals surface area contributed by atoms with E-state index in [-0.39, 0.29) is 5.54 Å². The SMILES string of the molecule is CCOCCc1noc(C(C)(C)NC)n1. The lowest BCUT2D eigenvalue weighted by molar-refractivity contribution is 0.149. The maximum absolute atomic E-state index is 5.22. The van der Waals surface area contributed by atoms with E-state index in [2.05, 4.69) is 15.5 Å². The van der Waals surface area contributed by atoms with E-state index in [0.29, 0.717) is 31.3 Å². The van der Waals surface area contributed by atoms with Crippen LogP contribution in [0.5, 0.6) is 0 Å². The Bertz CT molecular complexity index is 297. The third-order valence-corrected chi connectivity index (χ3v) is 2.30. The second kappa shape index (κ2) is 5.23. The molecule has 0 saturated carbocycles. The Morgan fingerprint density at radius 3 is 2.80 bits per heavy atom. The molecule has 0 aliphatic carbocycles. The first-order chi connectivity index (χ1) is 7.10. The fourth-order valence-corrected chi connectivity index (χ4v) is 1.02. The van der Waals surface area contributed by atoms with Crippen molar-refractivity contribution in [1.29, 1.82) is 0 Å². The molecule has 0 spiro atoms. The van der Waals surface area contributed by atoms with E-state index in [1.807, 2.05) is 27.8 Å². The summed E-state index contributed by atoms with van der Waals surface area (Å²) >= 11 is 0. The van der Waals surface area contributed by atoms with Gasteiger partial charge in [0.25, 0.3) is 0 Å². The quantitative estimate of drug-likeness (QED) is 0.717. The van der Waals surface area contributed by atoms with Gasteiger partial charge in [-0.15, -0.1) is 0 Å². The summed E-state index contributed by atoms with van der Waals surface area (Å²) in [5, 5.41) is 7.01. The highest BCUT2D eigenvalue weighted by atomic mass is 16.5. The number of rotatable bonds is 6. The molecule has 0 atom stereocenters. The lowest BCUT2D eigenvalue weighted by atomic mass is 10.1. The first-order valence-electron chi connectivity index (χ1n) is 5.20. The normalized spacial score (nSPS) is 12.0. The fraction of sp³-hybridized carbons (Fsp3) is 0.800. The van der Waals surface area contributed by atoms with Crippen molar-refractivity contribution in [2.24, 2.45) is 0 Å². The van der Waals surface area contributed by atoms with Crippen molar-refractivity contribution in [3.05, 3.63) is 11.7 Å². The molecular weight excluding hydrogens is 194 g/mol. The molecule has 0 radical (unpaired) electrons. The molecule has 15 heavy (non-hydrogen) atoms. The van der Waals surface area contributed by atoms with Gasteiger partial charge < -0.3 is 14.6 Å². The average Bonchev–Trinajstić information content (AvgIpc) is 2.68. The summed E-state index contributed by atoms with van der Waals surface area (Å²) in [5.74, 6) is 1.30. The molecular formula is C10H19N3O2. The highest BCUT2D eigenvalue weighted by molar-refractivity contribution is 4.98. The van der Waals surface area contributed by atoms with Crippen LogP contribution in [0, 0.1) is 0 Å². The Morgan fingerprint density at radius 2 is 2.20 bits per heavy atom. The van der Waals surface area contributed by atoms with Crippen molar-refractivity contribution in [3.8, 4) is 0 Å². The third kappa shape index (κ3) is 3.28. The van der Waals surface area contributed by atoms with Crippen LogP contribution in [0.1, 0.15) is 32.5 Å². The molecule has 1 N–H and O–H groups in total. The lowest BCUT2D eigenvalue weighted by Crippen LogP contribution is -2.33. The standard InChI is InChI=1S/C10H19N3O2/c1-5-14-7-6-8-12-9(15-13-8)10(2,3)11-4/h11H,5-7H2,1-4H3. The molecule has 0 bridgehead atoms. The number of hydrogen-bond donors (Lipinski definition) is 1. The van der Waals surface area contributed by atoms with Crippen LogP contribution < -0.4 is 5.32 Å². The summed E-state index contributed by atoms with van der Waals surface area (Å²) in [6.07, 6.45) is 0.692. The topological polar surface area (TPSA) is 60.2 Å². The van der Waals surface area contributed by atoms with Crippen molar-refractivity contribution in [2.75, 3.05) is 20.3 Å². The molecule has 86 valence electrons. The second-order valence-corrected chi connectivity index (χ2v) is 3.84. The summed E-state index contributed by atoms with van der Waals surface area (Å²) in [5.41, 5.74) is -0.281. The zero-order valence-corrected chi connectivity index (χ0v) is 9.83. The average molecular weight is 213 g/mol. The van der Waals surface area contributed by atoms with Gasteiger partial charge in [0.05, 0.1) is 12.1 Å². The molecule has 1 heterocycles. The maximum Gasteiger partial charge on any atom is 0.246 e. The van der Waals surface area contributed by atoms with Gasteiger partial charge in [0.1, 0.15) is 0 Å². The Morgan fingerprint density at radius 1 is 1.47 bits per heavy atom. The minimum absolute atomic E-state index is 0.281. The predicted molar refractivity (Wildman–Crippen MR) is 56.6 cm³/mol. The van der Waals surface area contributed by atoms with E-state index in [4.69, 9.17) is 9.26 Å². The maximum atomic E-state index is 5.22. The lowest BCUT2D eigenvalue weighted by Gasteiger charge is -2.17. The van der Waals surface area contributed by atoms with Crippen LogP contribution >= 0.6 is 0 Å². The van der Waals surface area contributed by atoms with E-state index in [0.717, 1.165) is 0 Å². The number of hydrogen-bond acceptors (Lipinski definition) is 5. The van der Waals surface area contributed by atoms with Crippen molar-refractivity contribution >= 4 is 0 Å². The van der Waals surface area contributed by atoms with Gasteiger partial charge in [-0.2, -0.15) is 4.98 Å². The molecule has 0 aliphatic rings. The summed E-state index contributed by atoms with van der Waals surface area (Å²) in [6.45, 7) is 7.30. The molecule has 5 nitrogen and oxygen atoms in total. The molecule has 0 aromatic carbocycles. The molecule has 0 amide bonds. The zero-order valence-electron chi connectivity index (χ0n) is 9.83. The van der Waals surface area contributed by atoms with Crippen molar-refractivity contribution in [3.63, 3.8) is 0 Å². The Balaban J connectivity index is 2.56. The monoisotopic (exact) mass is 213 g/mol. The molecule has 1 aromatic rings. The van der Waals surface area contributed by atoms with Gasteiger partial charge >= 0.3 is 0 Å². The van der Waals surface area contributed by atoms with Gasteiger partial charge in [0.2, 0.25) is 5.89 Å². The smallest absolute Gasteiger partial charge is 0.246 e. The van der Waals surface area contributed by atoms with Crippen molar-refractivity contribution in [1.82, 2.24) is 15.5 Å². The van der Waals surface area contributed by atoms with Gasteiger partial charge in [-0.25, -0.2) is 0 Å². The summed E-state index contributed by atoms with van der Waals surface area (Å²) in [7, 11) is 1.87. The van der Waals surface area contributed by atoms with Crippen LogP contribution in [-0.4, -0.2) is 30.4 Å². The highest BCUT2D eigenvalue weighted by Crippen LogP contribution is 2.16. The molecule has 0 saturated heterocycles. The molecule has 0 aliphatic heterocycles. The van der Waals surface area contributed by atoms with Crippen LogP contribution in [0.25, 0.3) is 0 Å². The van der Waals surface area contributed by atoms with Gasteiger partial charge in [-0.05, 0) is 27.8 Å². The van der Waals surface area contributed by atoms with Crippen molar-refractivity contribution in [2.45, 2.75) is 32.7 Å². The summed E-state index contributed by atoms with van der Waals surface area (Å²) in [4.78, 5) is 4.30. The van der Waals surface area contributed by atoms with Gasteiger partial charge in [-0.1, -0.05) is 5.16 Å². The van der Waals surface area contributed by atoms with Gasteiger partial charge in [-0.3, -0.25) is 0 Å². The first-order valence-corrected chi connectivity index (χ1v) is 5.20. The highest BCUT2D eigenvalue weighted by Gasteiger charge is 2.25. The van der Waals surface area contributed by atoms with E-state index in [9.17, 15) is 0 Å². The largest absolute Gasteiger partial charge is 0.381 e. The Hall–Kier alpha value is -0.940. The van der Waals surface area contributed by atoms with Crippen LogP contribution in [0.15, 0.2) is 4.52 Å². The van der Waals surface area contributed by atoms with E-state index < -0.39 is 0 Å².